The van der Waals surface area contributed by atoms with Crippen molar-refractivity contribution in [2.75, 3.05) is 18.8 Å². The summed E-state index contributed by atoms with van der Waals surface area (Å²) in [6.07, 6.45) is 0. The summed E-state index contributed by atoms with van der Waals surface area (Å²) in [6.45, 7) is 12.1. The van der Waals surface area contributed by atoms with Crippen molar-refractivity contribution in [1.29, 1.82) is 0 Å². The van der Waals surface area contributed by atoms with Gasteiger partial charge in [-0.25, -0.2) is 0 Å². The lowest BCUT2D eigenvalue weighted by Gasteiger charge is -2.20. The number of nitrogens with zero attached hydrogens (tertiary/aromatic N) is 1. The highest BCUT2D eigenvalue weighted by atomic mass is 32.2. The van der Waals surface area contributed by atoms with Crippen molar-refractivity contribution in [2.24, 2.45) is 0 Å². The molecule has 0 amide bonds. The van der Waals surface area contributed by atoms with Gasteiger partial charge in [0.1, 0.15) is 4.32 Å². The summed E-state index contributed by atoms with van der Waals surface area (Å²) in [5.41, 5.74) is 1.18. The molecule has 0 spiro atoms. The number of thiocarbonyl (C=S) groups is 1. The molecule has 70 valence electrons. The summed E-state index contributed by atoms with van der Waals surface area (Å²) in [5.74, 6) is 0.940. The fourth-order valence-corrected chi connectivity index (χ4v) is 2.00. The molecule has 12 heavy (non-hydrogen) atoms. The van der Waals surface area contributed by atoms with E-state index in [2.05, 4.69) is 25.3 Å². The van der Waals surface area contributed by atoms with E-state index in [-0.39, 0.29) is 0 Å². The monoisotopic (exact) mass is 203 g/mol. The summed E-state index contributed by atoms with van der Waals surface area (Å²) in [4.78, 5) is 2.18. The summed E-state index contributed by atoms with van der Waals surface area (Å²) in [6, 6.07) is 0. The van der Waals surface area contributed by atoms with E-state index >= 15 is 0 Å². The molecule has 0 heterocycles. The van der Waals surface area contributed by atoms with Gasteiger partial charge in [0.15, 0.2) is 0 Å². The van der Waals surface area contributed by atoms with Gasteiger partial charge >= 0.3 is 0 Å². The van der Waals surface area contributed by atoms with Crippen LogP contribution in [0.3, 0.4) is 0 Å². The van der Waals surface area contributed by atoms with Crippen LogP contribution in [0.5, 0.6) is 0 Å². The molecular weight excluding hydrogens is 186 g/mol. The Hall–Kier alpha value is -0.0200. The van der Waals surface area contributed by atoms with Crippen LogP contribution in [0, 0.1) is 0 Å². The van der Waals surface area contributed by atoms with Crippen LogP contribution in [0.4, 0.5) is 0 Å². The van der Waals surface area contributed by atoms with E-state index in [1.807, 2.05) is 6.92 Å². The normalized spacial score (nSPS) is 9.58. The second-order valence-corrected chi connectivity index (χ2v) is 4.29. The van der Waals surface area contributed by atoms with E-state index in [9.17, 15) is 0 Å². The number of thioether (sulfide) groups is 1. The van der Waals surface area contributed by atoms with Crippen molar-refractivity contribution in [3.63, 3.8) is 0 Å². The van der Waals surface area contributed by atoms with Crippen molar-refractivity contribution in [3.05, 3.63) is 12.2 Å². The van der Waals surface area contributed by atoms with Crippen LogP contribution in [0.25, 0.3) is 0 Å². The minimum atomic E-state index is 0.940. The molecule has 0 radical (unpaired) electrons. The van der Waals surface area contributed by atoms with E-state index in [0.29, 0.717) is 0 Å². The van der Waals surface area contributed by atoms with E-state index in [0.717, 1.165) is 23.2 Å². The maximum absolute atomic E-state index is 5.24. The second-order valence-electron chi connectivity index (χ2n) is 2.68. The summed E-state index contributed by atoms with van der Waals surface area (Å²) >= 11 is 6.94. The molecule has 0 rings (SSSR count). The lowest BCUT2D eigenvalue weighted by Crippen LogP contribution is -2.26. The van der Waals surface area contributed by atoms with Gasteiger partial charge in [0.2, 0.25) is 0 Å². The van der Waals surface area contributed by atoms with Gasteiger partial charge < -0.3 is 4.90 Å². The minimum Gasteiger partial charge on any atom is -0.358 e. The summed E-state index contributed by atoms with van der Waals surface area (Å²) in [7, 11) is 0. The maximum atomic E-state index is 5.24. The molecular formula is C9H17NS2. The van der Waals surface area contributed by atoms with Gasteiger partial charge in [0.05, 0.1) is 0 Å². The van der Waals surface area contributed by atoms with Gasteiger partial charge in [-0.2, -0.15) is 0 Å². The van der Waals surface area contributed by atoms with E-state index in [1.54, 1.807) is 11.8 Å². The Morgan fingerprint density at radius 2 is 1.92 bits per heavy atom. The predicted octanol–water partition coefficient (Wildman–Crippen LogP) is 2.92. The highest BCUT2D eigenvalue weighted by Crippen LogP contribution is 2.11. The third kappa shape index (κ3) is 4.78. The van der Waals surface area contributed by atoms with Gasteiger partial charge in [0, 0.05) is 18.8 Å². The molecule has 0 aromatic rings. The third-order valence-corrected chi connectivity index (χ3v) is 3.22. The van der Waals surface area contributed by atoms with Gasteiger partial charge in [-0.3, -0.25) is 0 Å². The largest absolute Gasteiger partial charge is 0.358 e. The summed E-state index contributed by atoms with van der Waals surface area (Å²) in [5, 5.41) is 0. The molecule has 0 aromatic carbocycles. The first-order chi connectivity index (χ1) is 5.61. The lowest BCUT2D eigenvalue weighted by atomic mass is 10.4. The zero-order valence-electron chi connectivity index (χ0n) is 8.09. The zero-order chi connectivity index (χ0) is 9.56. The van der Waals surface area contributed by atoms with Crippen molar-refractivity contribution in [2.45, 2.75) is 20.8 Å². The highest BCUT2D eigenvalue weighted by Gasteiger charge is 2.04. The molecule has 0 aliphatic carbocycles. The van der Waals surface area contributed by atoms with Gasteiger partial charge in [-0.1, -0.05) is 36.1 Å². The minimum absolute atomic E-state index is 0.940. The van der Waals surface area contributed by atoms with Crippen LogP contribution in [-0.4, -0.2) is 28.1 Å². The first-order valence-corrected chi connectivity index (χ1v) is 5.57. The van der Waals surface area contributed by atoms with Crippen molar-refractivity contribution >= 4 is 28.3 Å². The predicted molar refractivity (Wildman–Crippen MR) is 62.8 cm³/mol. The molecule has 0 atom stereocenters. The molecule has 0 aliphatic heterocycles. The molecule has 3 heteroatoms. The fraction of sp³-hybridized carbons (Fsp3) is 0.667. The number of hydrogen-bond acceptors (Lipinski definition) is 2. The highest BCUT2D eigenvalue weighted by molar-refractivity contribution is 8.23. The van der Waals surface area contributed by atoms with Gasteiger partial charge in [-0.05, 0) is 20.8 Å². The van der Waals surface area contributed by atoms with Crippen LogP contribution in [-0.2, 0) is 0 Å². The lowest BCUT2D eigenvalue weighted by molar-refractivity contribution is 0.482. The average molecular weight is 203 g/mol. The topological polar surface area (TPSA) is 3.24 Å². The van der Waals surface area contributed by atoms with Crippen LogP contribution in [0.1, 0.15) is 20.8 Å². The Morgan fingerprint density at radius 3 is 2.25 bits per heavy atom. The molecule has 0 saturated carbocycles. The quantitative estimate of drug-likeness (QED) is 0.511. The molecule has 0 fully saturated rings. The molecule has 0 saturated heterocycles. The van der Waals surface area contributed by atoms with Crippen LogP contribution in [0.15, 0.2) is 12.2 Å². The Morgan fingerprint density at radius 1 is 1.42 bits per heavy atom. The fourth-order valence-electron chi connectivity index (χ4n) is 0.758. The summed E-state index contributed by atoms with van der Waals surface area (Å²) < 4.78 is 0.989. The molecule has 0 unspecified atom stereocenters. The smallest absolute Gasteiger partial charge is 0.136 e. The van der Waals surface area contributed by atoms with Crippen molar-refractivity contribution < 1.29 is 0 Å². The second kappa shape index (κ2) is 6.49. The molecule has 0 bridgehead atoms. The van der Waals surface area contributed by atoms with Gasteiger partial charge in [0.25, 0.3) is 0 Å². The van der Waals surface area contributed by atoms with Crippen LogP contribution >= 0.6 is 24.0 Å². The van der Waals surface area contributed by atoms with Crippen LogP contribution in [0.2, 0.25) is 0 Å². The van der Waals surface area contributed by atoms with Crippen LogP contribution < -0.4 is 0 Å². The molecule has 0 aromatic heterocycles. The van der Waals surface area contributed by atoms with E-state index < -0.39 is 0 Å². The average Bonchev–Trinajstić information content (AvgIpc) is 2.03. The van der Waals surface area contributed by atoms with Crippen molar-refractivity contribution in [1.82, 2.24) is 4.90 Å². The zero-order valence-corrected chi connectivity index (χ0v) is 9.73. The van der Waals surface area contributed by atoms with E-state index in [1.165, 1.54) is 5.57 Å². The first-order valence-electron chi connectivity index (χ1n) is 4.17. The first kappa shape index (κ1) is 12.0. The standard InChI is InChI=1S/C9H17NS2/c1-5-10(6-2)9(11)12-7-8(3)4/h3,5-7H2,1-2,4H3. The number of rotatable bonds is 4. The van der Waals surface area contributed by atoms with Crippen molar-refractivity contribution in [3.8, 4) is 0 Å². The number of hydrogen-bond donors (Lipinski definition) is 0. The Labute approximate surface area is 85.2 Å². The van der Waals surface area contributed by atoms with E-state index in [4.69, 9.17) is 12.2 Å². The molecule has 0 N–H and O–H groups in total. The maximum Gasteiger partial charge on any atom is 0.136 e. The Balaban J connectivity index is 3.77. The molecule has 1 nitrogen and oxygen atoms in total. The Kier molecular flexibility index (Phi) is 6.48. The Bertz CT molecular complexity index is 162. The van der Waals surface area contributed by atoms with Gasteiger partial charge in [-0.15, -0.1) is 0 Å². The molecule has 0 aliphatic rings. The SMILES string of the molecule is C=C(C)CSC(=S)N(CC)CC. The third-order valence-electron chi connectivity index (χ3n) is 1.46.